The summed E-state index contributed by atoms with van der Waals surface area (Å²) in [5.74, 6) is 0.0861. The number of esters is 1. The molecule has 1 unspecified atom stereocenters. The summed E-state index contributed by atoms with van der Waals surface area (Å²) < 4.78 is 16.0. The van der Waals surface area contributed by atoms with Crippen LogP contribution < -0.4 is 10.4 Å². The fourth-order valence-electron chi connectivity index (χ4n) is 2.51. The second-order valence-electron chi connectivity index (χ2n) is 5.42. The van der Waals surface area contributed by atoms with Crippen molar-refractivity contribution in [2.75, 3.05) is 6.61 Å². The van der Waals surface area contributed by atoms with Gasteiger partial charge in [-0.1, -0.05) is 13.3 Å². The van der Waals surface area contributed by atoms with Gasteiger partial charge in [0.05, 0.1) is 6.61 Å². The van der Waals surface area contributed by atoms with Crippen molar-refractivity contribution >= 4 is 16.9 Å². The number of hydrogen-bond donors (Lipinski definition) is 0. The number of carbonyl (C=O) groups is 1. The van der Waals surface area contributed by atoms with Gasteiger partial charge in [-0.25, -0.2) is 9.59 Å². The molecular formula is C18H22O5. The summed E-state index contributed by atoms with van der Waals surface area (Å²) in [5, 5.41) is 0.903. The molecule has 0 radical (unpaired) electrons. The zero-order valence-electron chi connectivity index (χ0n) is 14.0. The number of hydrogen-bond acceptors (Lipinski definition) is 5. The highest BCUT2D eigenvalue weighted by atomic mass is 16.6. The lowest BCUT2D eigenvalue weighted by Crippen LogP contribution is -2.26. The van der Waals surface area contributed by atoms with Crippen molar-refractivity contribution in [3.8, 4) is 5.75 Å². The Morgan fingerprint density at radius 2 is 2.04 bits per heavy atom. The van der Waals surface area contributed by atoms with Crippen molar-refractivity contribution in [1.82, 2.24) is 0 Å². The molecule has 0 saturated heterocycles. The van der Waals surface area contributed by atoms with E-state index in [1.807, 2.05) is 13.0 Å². The lowest BCUT2D eigenvalue weighted by molar-refractivity contribution is -0.150. The monoisotopic (exact) mass is 318 g/mol. The van der Waals surface area contributed by atoms with Crippen molar-refractivity contribution in [1.29, 1.82) is 0 Å². The first kappa shape index (κ1) is 17.1. The van der Waals surface area contributed by atoms with E-state index in [4.69, 9.17) is 13.9 Å². The van der Waals surface area contributed by atoms with E-state index in [1.165, 1.54) is 6.07 Å². The molecule has 0 amide bonds. The molecule has 5 nitrogen and oxygen atoms in total. The molecule has 124 valence electrons. The molecule has 1 heterocycles. The summed E-state index contributed by atoms with van der Waals surface area (Å²) in [4.78, 5) is 23.5. The largest absolute Gasteiger partial charge is 0.479 e. The van der Waals surface area contributed by atoms with Gasteiger partial charge in [-0.2, -0.15) is 0 Å². The maximum atomic E-state index is 11.8. The quantitative estimate of drug-likeness (QED) is 0.603. The molecule has 0 bridgehead atoms. The van der Waals surface area contributed by atoms with Crippen LogP contribution in [0.2, 0.25) is 0 Å². The smallest absolute Gasteiger partial charge is 0.347 e. The topological polar surface area (TPSA) is 65.7 Å². The average Bonchev–Trinajstić information content (AvgIpc) is 2.51. The number of benzene rings is 1. The van der Waals surface area contributed by atoms with Crippen LogP contribution in [0.25, 0.3) is 11.0 Å². The first-order valence-corrected chi connectivity index (χ1v) is 7.87. The summed E-state index contributed by atoms with van der Waals surface area (Å²) in [5.41, 5.74) is 1.80. The number of carbonyl (C=O) groups excluding carboxylic acids is 1. The average molecular weight is 318 g/mol. The Morgan fingerprint density at radius 1 is 1.30 bits per heavy atom. The normalized spacial score (nSPS) is 12.2. The summed E-state index contributed by atoms with van der Waals surface area (Å²) in [6.45, 7) is 7.56. The number of ether oxygens (including phenoxy) is 2. The SMILES string of the molecule is CCCc1cc(=O)oc2c(C)c(OC(C)C(=O)OCC)ccc12. The Balaban J connectivity index is 2.42. The lowest BCUT2D eigenvalue weighted by Gasteiger charge is -2.16. The zero-order chi connectivity index (χ0) is 17.0. The molecule has 0 spiro atoms. The van der Waals surface area contributed by atoms with Crippen LogP contribution in [0.1, 0.15) is 38.3 Å². The van der Waals surface area contributed by atoms with Crippen molar-refractivity contribution in [2.24, 2.45) is 0 Å². The minimum Gasteiger partial charge on any atom is -0.479 e. The first-order chi connectivity index (χ1) is 11.0. The van der Waals surface area contributed by atoms with E-state index in [9.17, 15) is 9.59 Å². The van der Waals surface area contributed by atoms with E-state index in [0.29, 0.717) is 23.5 Å². The van der Waals surface area contributed by atoms with Crippen molar-refractivity contribution < 1.29 is 18.7 Å². The number of fused-ring (bicyclic) bond motifs is 1. The fraction of sp³-hybridized carbons (Fsp3) is 0.444. The molecule has 0 N–H and O–H groups in total. The van der Waals surface area contributed by atoms with Gasteiger partial charge in [-0.3, -0.25) is 0 Å². The van der Waals surface area contributed by atoms with Crippen molar-refractivity contribution in [3.63, 3.8) is 0 Å². The van der Waals surface area contributed by atoms with Crippen LogP contribution in [0.3, 0.4) is 0 Å². The Labute approximate surface area is 135 Å². The Morgan fingerprint density at radius 3 is 2.70 bits per heavy atom. The Kier molecular flexibility index (Phi) is 5.42. The molecule has 1 atom stereocenters. The van der Waals surface area contributed by atoms with Crippen LogP contribution in [0, 0.1) is 6.92 Å². The van der Waals surface area contributed by atoms with Crippen LogP contribution in [0.4, 0.5) is 0 Å². The highest BCUT2D eigenvalue weighted by Gasteiger charge is 2.18. The molecule has 2 rings (SSSR count). The second kappa shape index (κ2) is 7.31. The summed E-state index contributed by atoms with van der Waals surface area (Å²) in [6.07, 6.45) is 1.02. The van der Waals surface area contributed by atoms with Gasteiger partial charge in [0.25, 0.3) is 0 Å². The van der Waals surface area contributed by atoms with Gasteiger partial charge in [-0.05, 0) is 44.9 Å². The molecule has 0 aliphatic heterocycles. The predicted octanol–water partition coefficient (Wildman–Crippen LogP) is 3.38. The first-order valence-electron chi connectivity index (χ1n) is 7.87. The fourth-order valence-corrected chi connectivity index (χ4v) is 2.51. The van der Waals surface area contributed by atoms with Crippen LogP contribution in [-0.4, -0.2) is 18.7 Å². The minimum absolute atomic E-state index is 0.304. The van der Waals surface area contributed by atoms with E-state index < -0.39 is 12.1 Å². The number of aryl methyl sites for hydroxylation is 2. The highest BCUT2D eigenvalue weighted by molar-refractivity contribution is 5.85. The van der Waals surface area contributed by atoms with Gasteiger partial charge in [0.1, 0.15) is 11.3 Å². The highest BCUT2D eigenvalue weighted by Crippen LogP contribution is 2.29. The van der Waals surface area contributed by atoms with Gasteiger partial charge in [0.15, 0.2) is 6.10 Å². The molecule has 0 aliphatic rings. The molecule has 5 heteroatoms. The van der Waals surface area contributed by atoms with E-state index in [-0.39, 0.29) is 5.63 Å². The summed E-state index contributed by atoms with van der Waals surface area (Å²) in [6, 6.07) is 5.20. The summed E-state index contributed by atoms with van der Waals surface area (Å²) >= 11 is 0. The molecule has 1 aromatic heterocycles. The maximum Gasteiger partial charge on any atom is 0.347 e. The summed E-state index contributed by atoms with van der Waals surface area (Å²) in [7, 11) is 0. The van der Waals surface area contributed by atoms with Gasteiger partial charge in [0.2, 0.25) is 0 Å². The molecular weight excluding hydrogens is 296 g/mol. The third-order valence-corrected chi connectivity index (χ3v) is 3.64. The van der Waals surface area contributed by atoms with Crippen LogP contribution in [0.15, 0.2) is 27.4 Å². The maximum absolute atomic E-state index is 11.8. The molecule has 1 aromatic carbocycles. The molecule has 0 aliphatic carbocycles. The number of rotatable bonds is 6. The van der Waals surface area contributed by atoms with Gasteiger partial charge >= 0.3 is 11.6 Å². The van der Waals surface area contributed by atoms with Crippen LogP contribution in [0.5, 0.6) is 5.75 Å². The standard InChI is InChI=1S/C18H22O5/c1-5-7-13-10-16(19)23-17-11(3)15(9-8-14(13)17)22-12(4)18(20)21-6-2/h8-10,12H,5-7H2,1-4H3. The van der Waals surface area contributed by atoms with Crippen molar-refractivity contribution in [3.05, 3.63) is 39.7 Å². The van der Waals surface area contributed by atoms with E-state index in [1.54, 1.807) is 19.9 Å². The van der Waals surface area contributed by atoms with Gasteiger partial charge in [-0.15, -0.1) is 0 Å². The zero-order valence-corrected chi connectivity index (χ0v) is 14.0. The van der Waals surface area contributed by atoms with Gasteiger partial charge in [0, 0.05) is 17.0 Å². The Hall–Kier alpha value is -2.30. The third-order valence-electron chi connectivity index (χ3n) is 3.64. The molecule has 0 saturated carbocycles. The molecule has 2 aromatic rings. The van der Waals surface area contributed by atoms with E-state index in [0.717, 1.165) is 23.8 Å². The van der Waals surface area contributed by atoms with Crippen LogP contribution >= 0.6 is 0 Å². The Bertz CT molecular complexity index is 760. The predicted molar refractivity (Wildman–Crippen MR) is 87.9 cm³/mol. The van der Waals surface area contributed by atoms with Gasteiger partial charge < -0.3 is 13.9 Å². The van der Waals surface area contributed by atoms with E-state index >= 15 is 0 Å². The van der Waals surface area contributed by atoms with E-state index in [2.05, 4.69) is 6.92 Å². The molecule has 0 fully saturated rings. The van der Waals surface area contributed by atoms with Crippen molar-refractivity contribution in [2.45, 2.75) is 46.6 Å². The van der Waals surface area contributed by atoms with Crippen LogP contribution in [-0.2, 0) is 16.0 Å². The minimum atomic E-state index is -0.725. The second-order valence-corrected chi connectivity index (χ2v) is 5.42. The third kappa shape index (κ3) is 3.73. The lowest BCUT2D eigenvalue weighted by atomic mass is 10.0. The molecule has 23 heavy (non-hydrogen) atoms.